The van der Waals surface area contributed by atoms with Crippen LogP contribution in [-0.4, -0.2) is 31.6 Å². The zero-order chi connectivity index (χ0) is 18.3. The lowest BCUT2D eigenvalue weighted by Crippen LogP contribution is -2.05. The largest absolute Gasteiger partial charge is 0.393 e. The third-order valence-corrected chi connectivity index (χ3v) is 4.50. The molecule has 2 N–H and O–H groups in total. The van der Waals surface area contributed by atoms with E-state index in [1.807, 2.05) is 31.4 Å². The van der Waals surface area contributed by atoms with Crippen LogP contribution in [0.5, 0.6) is 0 Å². The lowest BCUT2D eigenvalue weighted by atomic mass is 10.0. The first-order chi connectivity index (χ1) is 12.6. The number of aliphatic hydroxyl groups is 2. The van der Waals surface area contributed by atoms with Crippen molar-refractivity contribution in [3.63, 3.8) is 0 Å². The minimum Gasteiger partial charge on any atom is -0.393 e. The van der Waals surface area contributed by atoms with Crippen LogP contribution in [0, 0.1) is 0 Å². The molecule has 1 atom stereocenters. The first kappa shape index (κ1) is 16.4. The zero-order valence-electron chi connectivity index (χ0n) is 14.1. The lowest BCUT2D eigenvalue weighted by Gasteiger charge is -2.07. The monoisotopic (exact) mass is 347 g/mol. The molecule has 2 aromatic heterocycles. The molecular weight excluding hydrogens is 330 g/mol. The highest BCUT2D eigenvalue weighted by Crippen LogP contribution is 2.23. The van der Waals surface area contributed by atoms with Gasteiger partial charge in [-0.05, 0) is 29.1 Å². The van der Waals surface area contributed by atoms with Crippen LogP contribution in [0.25, 0.3) is 32.8 Å². The van der Waals surface area contributed by atoms with Gasteiger partial charge in [0.05, 0.1) is 18.3 Å². The number of rotatable bonds is 3. The van der Waals surface area contributed by atoms with Crippen molar-refractivity contribution in [1.29, 1.82) is 0 Å². The number of benzene rings is 1. The highest BCUT2D eigenvalue weighted by Gasteiger charge is 2.10. The maximum atomic E-state index is 13.1. The van der Waals surface area contributed by atoms with Gasteiger partial charge in [-0.2, -0.15) is 5.10 Å². The van der Waals surface area contributed by atoms with E-state index in [-0.39, 0.29) is 5.43 Å². The molecule has 0 aliphatic heterocycles. The molecule has 4 rings (SSSR count). The average Bonchev–Trinajstić information content (AvgIpc) is 3.05. The summed E-state index contributed by atoms with van der Waals surface area (Å²) in [7, 11) is 1.83. The minimum absolute atomic E-state index is 0.162. The van der Waals surface area contributed by atoms with E-state index in [2.05, 4.69) is 10.1 Å². The summed E-state index contributed by atoms with van der Waals surface area (Å²) in [5.41, 5.74) is 2.64. The molecule has 0 aliphatic rings. The van der Waals surface area contributed by atoms with Gasteiger partial charge in [0.2, 0.25) is 0 Å². The molecular formula is C20H17N3O3. The molecule has 2 heterocycles. The second-order valence-electron chi connectivity index (χ2n) is 6.27. The maximum Gasteiger partial charge on any atom is 0.195 e. The summed E-state index contributed by atoms with van der Waals surface area (Å²) >= 11 is 0. The molecule has 0 amide bonds. The summed E-state index contributed by atoms with van der Waals surface area (Å²) in [6.07, 6.45) is 4.30. The molecule has 2 aromatic carbocycles. The van der Waals surface area contributed by atoms with E-state index in [1.54, 1.807) is 35.3 Å². The number of nitrogens with zero attached hydrogens (tertiary/aromatic N) is 3. The van der Waals surface area contributed by atoms with Crippen LogP contribution in [0.2, 0.25) is 0 Å². The summed E-state index contributed by atoms with van der Waals surface area (Å²) in [6.45, 7) is -0.397. The van der Waals surface area contributed by atoms with Crippen molar-refractivity contribution in [2.24, 2.45) is 7.05 Å². The summed E-state index contributed by atoms with van der Waals surface area (Å²) in [4.78, 5) is 17.6. The van der Waals surface area contributed by atoms with Gasteiger partial charge in [0.25, 0.3) is 0 Å². The Hall–Kier alpha value is -3.09. The van der Waals surface area contributed by atoms with Gasteiger partial charge in [0.15, 0.2) is 5.43 Å². The summed E-state index contributed by atoms with van der Waals surface area (Å²) in [5.74, 6) is 0. The fraction of sp³-hybridized carbons (Fsp3) is 0.150. The van der Waals surface area contributed by atoms with Crippen molar-refractivity contribution in [2.45, 2.75) is 6.10 Å². The third-order valence-electron chi connectivity index (χ3n) is 4.50. The van der Waals surface area contributed by atoms with Gasteiger partial charge in [-0.3, -0.25) is 14.5 Å². The number of aliphatic hydroxyl groups excluding tert-OH is 2. The fourth-order valence-electron chi connectivity index (χ4n) is 3.06. The van der Waals surface area contributed by atoms with Gasteiger partial charge in [-0.15, -0.1) is 0 Å². The second-order valence-corrected chi connectivity index (χ2v) is 6.27. The van der Waals surface area contributed by atoms with Crippen LogP contribution in [0.15, 0.2) is 59.8 Å². The number of hydrogen-bond acceptors (Lipinski definition) is 5. The van der Waals surface area contributed by atoms with Crippen LogP contribution < -0.4 is 5.43 Å². The maximum absolute atomic E-state index is 13.1. The number of pyridine rings is 1. The van der Waals surface area contributed by atoms with Crippen LogP contribution in [0.4, 0.5) is 0 Å². The predicted octanol–water partition coefficient (Wildman–Crippen LogP) is 2.17. The molecule has 6 heteroatoms. The number of aromatic nitrogens is 3. The third kappa shape index (κ3) is 2.75. The number of fused-ring (bicyclic) bond motifs is 2. The van der Waals surface area contributed by atoms with Gasteiger partial charge >= 0.3 is 0 Å². The number of hydrogen-bond donors (Lipinski definition) is 2. The quantitative estimate of drug-likeness (QED) is 0.593. The van der Waals surface area contributed by atoms with E-state index in [1.165, 1.54) is 0 Å². The molecule has 0 bridgehead atoms. The summed E-state index contributed by atoms with van der Waals surface area (Å²) in [5, 5.41) is 24.9. The van der Waals surface area contributed by atoms with Crippen molar-refractivity contribution in [1.82, 2.24) is 14.8 Å². The van der Waals surface area contributed by atoms with Crippen molar-refractivity contribution < 1.29 is 10.2 Å². The van der Waals surface area contributed by atoms with E-state index in [9.17, 15) is 9.90 Å². The molecule has 0 fully saturated rings. The number of aryl methyl sites for hydroxylation is 1. The molecule has 0 radical (unpaired) electrons. The Bertz CT molecular complexity index is 1180. The Balaban J connectivity index is 2.01. The highest BCUT2D eigenvalue weighted by molar-refractivity contribution is 5.93. The van der Waals surface area contributed by atoms with Crippen molar-refractivity contribution in [3.8, 4) is 11.1 Å². The first-order valence-corrected chi connectivity index (χ1v) is 8.21. The van der Waals surface area contributed by atoms with Crippen LogP contribution >= 0.6 is 0 Å². The first-order valence-electron chi connectivity index (χ1n) is 8.21. The molecule has 0 saturated carbocycles. The zero-order valence-corrected chi connectivity index (χ0v) is 14.1. The minimum atomic E-state index is -1.01. The lowest BCUT2D eigenvalue weighted by molar-refractivity contribution is 0.0957. The molecule has 130 valence electrons. The van der Waals surface area contributed by atoms with Gasteiger partial charge in [-0.25, -0.2) is 0 Å². The smallest absolute Gasteiger partial charge is 0.195 e. The van der Waals surface area contributed by atoms with Crippen molar-refractivity contribution >= 4 is 21.7 Å². The van der Waals surface area contributed by atoms with E-state index in [0.717, 1.165) is 16.5 Å². The summed E-state index contributed by atoms with van der Waals surface area (Å²) < 4.78 is 1.70. The molecule has 0 aliphatic carbocycles. The molecule has 26 heavy (non-hydrogen) atoms. The normalized spacial score (nSPS) is 12.6. The SMILES string of the molecule is Cn1cc(-c2cnc3ccc4ccc(C(O)CO)cc4c(=O)c3c2)cn1. The van der Waals surface area contributed by atoms with Gasteiger partial charge in [0.1, 0.15) is 6.10 Å². The van der Waals surface area contributed by atoms with E-state index in [0.29, 0.717) is 21.9 Å². The molecule has 0 saturated heterocycles. The molecule has 1 unspecified atom stereocenters. The van der Waals surface area contributed by atoms with Gasteiger partial charge in [-0.1, -0.05) is 18.2 Å². The topological polar surface area (TPSA) is 88.2 Å². The Morgan fingerprint density at radius 2 is 1.88 bits per heavy atom. The van der Waals surface area contributed by atoms with Crippen LogP contribution in [-0.2, 0) is 7.05 Å². The van der Waals surface area contributed by atoms with E-state index in [4.69, 9.17) is 5.11 Å². The highest BCUT2D eigenvalue weighted by atomic mass is 16.3. The predicted molar refractivity (Wildman–Crippen MR) is 99.8 cm³/mol. The average molecular weight is 347 g/mol. The molecule has 0 spiro atoms. The van der Waals surface area contributed by atoms with E-state index >= 15 is 0 Å². The van der Waals surface area contributed by atoms with Crippen LogP contribution in [0.1, 0.15) is 11.7 Å². The fourth-order valence-corrected chi connectivity index (χ4v) is 3.06. The van der Waals surface area contributed by atoms with Crippen molar-refractivity contribution in [2.75, 3.05) is 6.61 Å². The summed E-state index contributed by atoms with van der Waals surface area (Å²) in [6, 6.07) is 10.6. The van der Waals surface area contributed by atoms with Crippen molar-refractivity contribution in [3.05, 3.63) is 70.8 Å². The standard InChI is InChI=1S/C20H17N3O3/c1-23-10-15(9-22-23)14-7-17-18(21-8-14)5-4-12-2-3-13(19(25)11-24)6-16(12)20(17)26/h2-10,19,24-25H,11H2,1H3. The molecule has 6 nitrogen and oxygen atoms in total. The Morgan fingerprint density at radius 3 is 2.62 bits per heavy atom. The molecule has 4 aromatic rings. The Kier molecular flexibility index (Phi) is 3.99. The van der Waals surface area contributed by atoms with Gasteiger partial charge in [0, 0.05) is 41.3 Å². The van der Waals surface area contributed by atoms with E-state index < -0.39 is 12.7 Å². The Morgan fingerprint density at radius 1 is 1.08 bits per heavy atom. The second kappa shape index (κ2) is 6.33. The van der Waals surface area contributed by atoms with Gasteiger partial charge < -0.3 is 10.2 Å². The van der Waals surface area contributed by atoms with Crippen LogP contribution in [0.3, 0.4) is 0 Å². The Labute approximate surface area is 149 Å².